The zero-order valence-electron chi connectivity index (χ0n) is 9.98. The van der Waals surface area contributed by atoms with Gasteiger partial charge in [0.05, 0.1) is 5.25 Å². The molecule has 1 aliphatic heterocycles. The van der Waals surface area contributed by atoms with Crippen LogP contribution in [0.15, 0.2) is 18.2 Å². The lowest BCUT2D eigenvalue weighted by atomic mass is 9.81. The summed E-state index contributed by atoms with van der Waals surface area (Å²) in [6, 6.07) is 6.51. The van der Waals surface area contributed by atoms with Gasteiger partial charge in [-0.1, -0.05) is 17.7 Å². The molecule has 4 rings (SSSR count). The van der Waals surface area contributed by atoms with Crippen LogP contribution in [0.5, 0.6) is 0 Å². The lowest BCUT2D eigenvalue weighted by Crippen LogP contribution is -2.37. The predicted molar refractivity (Wildman–Crippen MR) is 70.3 cm³/mol. The lowest BCUT2D eigenvalue weighted by Gasteiger charge is -2.36. The molecule has 3 heteroatoms. The molecule has 0 amide bonds. The molecule has 3 aliphatic rings. The number of hydrogen-bond donors (Lipinski definition) is 1. The van der Waals surface area contributed by atoms with Crippen molar-refractivity contribution in [2.45, 2.75) is 37.4 Å². The van der Waals surface area contributed by atoms with Crippen LogP contribution in [0.3, 0.4) is 0 Å². The summed E-state index contributed by atoms with van der Waals surface area (Å²) < 4.78 is 15.5. The monoisotopic (exact) mass is 247 g/mol. The molecular formula is C14H17NOS. The first kappa shape index (κ1) is 10.1. The number of benzene rings is 1. The molecule has 17 heavy (non-hydrogen) atoms. The van der Waals surface area contributed by atoms with E-state index in [4.69, 9.17) is 0 Å². The van der Waals surface area contributed by atoms with Gasteiger partial charge < -0.3 is 4.72 Å². The van der Waals surface area contributed by atoms with Gasteiger partial charge in [-0.25, -0.2) is 4.21 Å². The largest absolute Gasteiger partial charge is 0.305 e. The van der Waals surface area contributed by atoms with E-state index in [1.54, 1.807) is 0 Å². The van der Waals surface area contributed by atoms with E-state index in [1.807, 2.05) is 0 Å². The molecule has 2 aliphatic carbocycles. The van der Waals surface area contributed by atoms with Gasteiger partial charge in [0.15, 0.2) is 0 Å². The summed E-state index contributed by atoms with van der Waals surface area (Å²) in [5, 5.41) is 0.378. The van der Waals surface area contributed by atoms with Crippen LogP contribution in [0.1, 0.15) is 36.3 Å². The normalized spacial score (nSPS) is 41.8. The summed E-state index contributed by atoms with van der Waals surface area (Å²) in [7, 11) is -0.863. The highest BCUT2D eigenvalue weighted by molar-refractivity contribution is 7.87. The second kappa shape index (κ2) is 3.35. The predicted octanol–water partition coefficient (Wildman–Crippen LogP) is 2.97. The maximum atomic E-state index is 12.3. The van der Waals surface area contributed by atoms with E-state index in [0.29, 0.717) is 17.1 Å². The number of nitrogens with one attached hydrogen (secondary N) is 1. The highest BCUT2D eigenvalue weighted by atomic mass is 32.2. The average molecular weight is 247 g/mol. The van der Waals surface area contributed by atoms with Crippen LogP contribution in [0.4, 0.5) is 5.69 Å². The smallest absolute Gasteiger partial charge is 0.121 e. The van der Waals surface area contributed by atoms with Crippen LogP contribution in [-0.4, -0.2) is 9.46 Å². The molecule has 0 radical (unpaired) electrons. The standard InChI is InChI=1S/C14H17NOS/c1-8-2-5-12-11(6-8)13-9-3-4-10(7-9)14(13)17(16)15-12/h2,5-6,9-10,13-15H,3-4,7H2,1H3/t9-,10-,13-,14-,17+/m0/s1. The highest BCUT2D eigenvalue weighted by Crippen LogP contribution is 2.57. The zero-order valence-corrected chi connectivity index (χ0v) is 10.8. The molecule has 0 unspecified atom stereocenters. The Morgan fingerprint density at radius 1 is 1.29 bits per heavy atom. The molecule has 2 fully saturated rings. The van der Waals surface area contributed by atoms with Gasteiger partial charge in [0.25, 0.3) is 0 Å². The van der Waals surface area contributed by atoms with E-state index in [9.17, 15) is 4.21 Å². The average Bonchev–Trinajstić information content (AvgIpc) is 2.91. The fourth-order valence-electron chi connectivity index (χ4n) is 4.20. The van der Waals surface area contributed by atoms with Crippen LogP contribution in [-0.2, 0) is 11.0 Å². The minimum Gasteiger partial charge on any atom is -0.305 e. The van der Waals surface area contributed by atoms with Gasteiger partial charge in [-0.05, 0) is 49.7 Å². The van der Waals surface area contributed by atoms with Gasteiger partial charge in [0.2, 0.25) is 0 Å². The van der Waals surface area contributed by atoms with Crippen LogP contribution >= 0.6 is 0 Å². The summed E-state index contributed by atoms with van der Waals surface area (Å²) in [5.74, 6) is 2.05. The first-order chi connectivity index (χ1) is 8.24. The highest BCUT2D eigenvalue weighted by Gasteiger charge is 2.53. The van der Waals surface area contributed by atoms with E-state index in [-0.39, 0.29) is 0 Å². The van der Waals surface area contributed by atoms with E-state index < -0.39 is 11.0 Å². The molecular weight excluding hydrogens is 230 g/mol. The third-order valence-corrected chi connectivity index (χ3v) is 6.46. The minimum atomic E-state index is -0.863. The number of aryl methyl sites for hydroxylation is 1. The summed E-state index contributed by atoms with van der Waals surface area (Å²) in [5.41, 5.74) is 3.87. The van der Waals surface area contributed by atoms with Crippen LogP contribution < -0.4 is 4.72 Å². The fraction of sp³-hybridized carbons (Fsp3) is 0.571. The van der Waals surface area contributed by atoms with Crippen molar-refractivity contribution in [1.29, 1.82) is 0 Å². The van der Waals surface area contributed by atoms with Crippen molar-refractivity contribution < 1.29 is 4.21 Å². The van der Waals surface area contributed by atoms with Crippen LogP contribution in [0, 0.1) is 18.8 Å². The number of fused-ring (bicyclic) bond motifs is 7. The lowest BCUT2D eigenvalue weighted by molar-refractivity contribution is 0.422. The molecule has 0 aromatic heterocycles. The Balaban J connectivity index is 1.88. The molecule has 1 heterocycles. The van der Waals surface area contributed by atoms with Crippen molar-refractivity contribution in [2.75, 3.05) is 4.72 Å². The van der Waals surface area contributed by atoms with Crippen molar-refractivity contribution >= 4 is 16.7 Å². The summed E-state index contributed by atoms with van der Waals surface area (Å²) >= 11 is 0. The van der Waals surface area contributed by atoms with Gasteiger partial charge in [-0.2, -0.15) is 0 Å². The number of anilines is 1. The van der Waals surface area contributed by atoms with Gasteiger partial charge >= 0.3 is 0 Å². The first-order valence-electron chi connectivity index (χ1n) is 6.52. The molecule has 0 saturated heterocycles. The Hall–Kier alpha value is -0.830. The summed E-state index contributed by atoms with van der Waals surface area (Å²) in [4.78, 5) is 0. The van der Waals surface area contributed by atoms with E-state index in [2.05, 4.69) is 29.8 Å². The van der Waals surface area contributed by atoms with Gasteiger partial charge in [-0.15, -0.1) is 0 Å². The Morgan fingerprint density at radius 2 is 2.12 bits per heavy atom. The molecule has 2 saturated carbocycles. The fourth-order valence-corrected chi connectivity index (χ4v) is 5.98. The third kappa shape index (κ3) is 1.29. The zero-order chi connectivity index (χ0) is 11.6. The summed E-state index contributed by atoms with van der Waals surface area (Å²) in [6.07, 6.45) is 3.94. The second-order valence-corrected chi connectivity index (χ2v) is 7.16. The van der Waals surface area contributed by atoms with Crippen molar-refractivity contribution in [3.05, 3.63) is 29.3 Å². The van der Waals surface area contributed by atoms with Crippen molar-refractivity contribution in [2.24, 2.45) is 11.8 Å². The summed E-state index contributed by atoms with van der Waals surface area (Å²) in [6.45, 7) is 2.15. The number of hydrogen-bond acceptors (Lipinski definition) is 1. The molecule has 0 spiro atoms. The SMILES string of the molecule is Cc1ccc2c(c1)[C@@H]1[C@H]3CC[C@@H](C3)[C@@H]1[S@@](=O)N2. The molecule has 2 bridgehead atoms. The van der Waals surface area contributed by atoms with Gasteiger partial charge in [0.1, 0.15) is 11.0 Å². The van der Waals surface area contributed by atoms with Crippen LogP contribution in [0.25, 0.3) is 0 Å². The van der Waals surface area contributed by atoms with Crippen LogP contribution in [0.2, 0.25) is 0 Å². The van der Waals surface area contributed by atoms with E-state index in [0.717, 1.165) is 11.6 Å². The third-order valence-electron chi connectivity index (χ3n) is 4.86. The Morgan fingerprint density at radius 3 is 3.00 bits per heavy atom. The van der Waals surface area contributed by atoms with Gasteiger partial charge in [0, 0.05) is 11.6 Å². The number of rotatable bonds is 0. The molecule has 2 nitrogen and oxygen atoms in total. The molecule has 90 valence electrons. The Bertz CT molecular complexity index is 513. The Labute approximate surface area is 104 Å². The minimum absolute atomic E-state index is 0.378. The van der Waals surface area contributed by atoms with Gasteiger partial charge in [-0.3, -0.25) is 0 Å². The maximum absolute atomic E-state index is 12.3. The van der Waals surface area contributed by atoms with Crippen molar-refractivity contribution in [3.8, 4) is 0 Å². The van der Waals surface area contributed by atoms with E-state index >= 15 is 0 Å². The second-order valence-electron chi connectivity index (χ2n) is 5.81. The topological polar surface area (TPSA) is 29.1 Å². The molecule has 5 atom stereocenters. The molecule has 1 aromatic rings. The van der Waals surface area contributed by atoms with Crippen molar-refractivity contribution in [3.63, 3.8) is 0 Å². The quantitative estimate of drug-likeness (QED) is 0.750. The Kier molecular flexibility index (Phi) is 1.99. The van der Waals surface area contributed by atoms with Crippen molar-refractivity contribution in [1.82, 2.24) is 0 Å². The van der Waals surface area contributed by atoms with E-state index in [1.165, 1.54) is 30.4 Å². The molecule has 1 N–H and O–H groups in total. The molecule has 1 aromatic carbocycles. The first-order valence-corrected chi connectivity index (χ1v) is 7.73. The maximum Gasteiger partial charge on any atom is 0.121 e.